The molecule has 0 unspecified atom stereocenters. The molecule has 5 heteroatoms. The first kappa shape index (κ1) is 15.7. The Morgan fingerprint density at radius 1 is 1.14 bits per heavy atom. The van der Waals surface area contributed by atoms with Crippen molar-refractivity contribution in [2.24, 2.45) is 0 Å². The van der Waals surface area contributed by atoms with Crippen LogP contribution in [0.3, 0.4) is 0 Å². The summed E-state index contributed by atoms with van der Waals surface area (Å²) in [6.45, 7) is 1.53. The van der Waals surface area contributed by atoms with Gasteiger partial charge in [0.05, 0.1) is 12.0 Å². The minimum absolute atomic E-state index is 0.0697. The molecule has 5 nitrogen and oxygen atoms in total. The highest BCUT2D eigenvalue weighted by atomic mass is 16.5. The number of carbonyl (C=O) groups is 3. The monoisotopic (exact) mass is 299 g/mol. The number of rotatable bonds is 5. The minimum atomic E-state index is -1.01. The number of benzene rings is 1. The largest absolute Gasteiger partial charge is 0.461 e. The maximum atomic E-state index is 12.0. The van der Waals surface area contributed by atoms with Gasteiger partial charge in [0.2, 0.25) is 5.91 Å². The third-order valence-corrected chi connectivity index (χ3v) is 3.18. The van der Waals surface area contributed by atoms with Crippen LogP contribution in [0.5, 0.6) is 0 Å². The van der Waals surface area contributed by atoms with Crippen molar-refractivity contribution in [1.82, 2.24) is 5.32 Å². The van der Waals surface area contributed by atoms with Crippen LogP contribution in [0.2, 0.25) is 0 Å². The molecule has 1 N–H and O–H groups in total. The minimum Gasteiger partial charge on any atom is -0.461 e. The fourth-order valence-electron chi connectivity index (χ4n) is 2.17. The van der Waals surface area contributed by atoms with E-state index in [4.69, 9.17) is 4.74 Å². The molecule has 0 bridgehead atoms. The molecule has 22 heavy (non-hydrogen) atoms. The molecule has 1 aromatic carbocycles. The summed E-state index contributed by atoms with van der Waals surface area (Å²) in [7, 11) is 0. The molecule has 0 aliphatic heterocycles. The molecule has 1 aliphatic rings. The lowest BCUT2D eigenvalue weighted by molar-refractivity contribution is -0.146. The Bertz CT molecular complexity index is 615. The second kappa shape index (κ2) is 6.85. The van der Waals surface area contributed by atoms with Crippen LogP contribution in [-0.2, 0) is 25.7 Å². The van der Waals surface area contributed by atoms with Crippen LogP contribution in [0.25, 0.3) is 0 Å². The Morgan fingerprint density at radius 3 is 2.36 bits per heavy atom. The number of nitrogens with one attached hydrogen (secondary N) is 1. The Morgan fingerprint density at radius 2 is 1.77 bits per heavy atom. The predicted molar refractivity (Wildman–Crippen MR) is 80.7 cm³/mol. The highest BCUT2D eigenvalue weighted by molar-refractivity contribution is 6.01. The first-order valence-electron chi connectivity index (χ1n) is 6.90. The van der Waals surface area contributed by atoms with Crippen molar-refractivity contribution in [1.29, 1.82) is 0 Å². The van der Waals surface area contributed by atoms with Gasteiger partial charge in [-0.25, -0.2) is 0 Å². The number of ether oxygens (including phenoxy) is 1. The number of amides is 1. The lowest BCUT2D eigenvalue weighted by atomic mass is 9.90. The Hall–Kier alpha value is -2.69. The van der Waals surface area contributed by atoms with Crippen LogP contribution in [0.4, 0.5) is 0 Å². The van der Waals surface area contributed by atoms with E-state index in [1.165, 1.54) is 31.2 Å². The zero-order chi connectivity index (χ0) is 16.0. The van der Waals surface area contributed by atoms with Gasteiger partial charge >= 0.3 is 5.97 Å². The molecule has 1 aliphatic carbocycles. The molecule has 0 aromatic heterocycles. The number of ketones is 1. The van der Waals surface area contributed by atoms with Crippen molar-refractivity contribution >= 4 is 17.7 Å². The van der Waals surface area contributed by atoms with E-state index in [-0.39, 0.29) is 24.7 Å². The molecule has 2 rings (SSSR count). The number of hydrogen-bond donors (Lipinski definition) is 1. The summed E-state index contributed by atoms with van der Waals surface area (Å²) >= 11 is 0. The van der Waals surface area contributed by atoms with Crippen molar-refractivity contribution in [3.63, 3.8) is 0 Å². The SMILES string of the molecule is CC(=O)NC1(CC(=O)OCc2ccccc2)C=CC(=O)C=C1. The molecule has 114 valence electrons. The van der Waals surface area contributed by atoms with Crippen LogP contribution < -0.4 is 5.32 Å². The summed E-state index contributed by atoms with van der Waals surface area (Å²) < 4.78 is 5.22. The standard InChI is InChI=1S/C17H17NO4/c1-13(19)18-17(9-7-15(20)8-10-17)11-16(21)22-12-14-5-3-2-4-6-14/h2-10H,11-12H2,1H3,(H,18,19). The molecule has 0 radical (unpaired) electrons. The van der Waals surface area contributed by atoms with Gasteiger partial charge in [-0.2, -0.15) is 0 Å². The molecular weight excluding hydrogens is 282 g/mol. The Kier molecular flexibility index (Phi) is 4.88. The zero-order valence-corrected chi connectivity index (χ0v) is 12.2. The molecular formula is C17H17NO4. The van der Waals surface area contributed by atoms with Gasteiger partial charge in [-0.1, -0.05) is 42.5 Å². The van der Waals surface area contributed by atoms with E-state index in [9.17, 15) is 14.4 Å². The molecule has 0 spiro atoms. The fraction of sp³-hybridized carbons (Fsp3) is 0.235. The third-order valence-electron chi connectivity index (χ3n) is 3.18. The number of hydrogen-bond acceptors (Lipinski definition) is 4. The van der Waals surface area contributed by atoms with Gasteiger partial charge in [0.15, 0.2) is 5.78 Å². The highest BCUT2D eigenvalue weighted by Crippen LogP contribution is 2.20. The third kappa shape index (κ3) is 4.41. The summed E-state index contributed by atoms with van der Waals surface area (Å²) in [6, 6.07) is 9.32. The second-order valence-electron chi connectivity index (χ2n) is 5.11. The van der Waals surface area contributed by atoms with E-state index in [0.717, 1.165) is 5.56 Å². The molecule has 1 amide bonds. The van der Waals surface area contributed by atoms with Gasteiger partial charge in [-0.3, -0.25) is 14.4 Å². The summed E-state index contributed by atoms with van der Waals surface area (Å²) in [6.07, 6.45) is 5.63. The fourth-order valence-corrected chi connectivity index (χ4v) is 2.17. The molecule has 0 saturated heterocycles. The van der Waals surface area contributed by atoms with Crippen molar-refractivity contribution < 1.29 is 19.1 Å². The maximum Gasteiger partial charge on any atom is 0.309 e. The van der Waals surface area contributed by atoms with E-state index in [1.54, 1.807) is 0 Å². The summed E-state index contributed by atoms with van der Waals surface area (Å²) in [5.41, 5.74) is -0.123. The van der Waals surface area contributed by atoms with Crippen molar-refractivity contribution in [2.45, 2.75) is 25.5 Å². The normalized spacial score (nSPS) is 15.4. The van der Waals surface area contributed by atoms with E-state index < -0.39 is 11.5 Å². The predicted octanol–water partition coefficient (Wildman–Crippen LogP) is 1.69. The molecule has 0 heterocycles. The lowest BCUT2D eigenvalue weighted by Gasteiger charge is -2.28. The number of esters is 1. The van der Waals surface area contributed by atoms with E-state index >= 15 is 0 Å². The van der Waals surface area contributed by atoms with Gasteiger partial charge in [0.1, 0.15) is 6.61 Å². The van der Waals surface area contributed by atoms with Crippen LogP contribution in [0.1, 0.15) is 18.9 Å². The van der Waals surface area contributed by atoms with E-state index in [1.807, 2.05) is 30.3 Å². The van der Waals surface area contributed by atoms with E-state index in [0.29, 0.717) is 0 Å². The average molecular weight is 299 g/mol. The van der Waals surface area contributed by atoms with Crippen LogP contribution >= 0.6 is 0 Å². The van der Waals surface area contributed by atoms with Crippen LogP contribution in [0.15, 0.2) is 54.6 Å². The van der Waals surface area contributed by atoms with Crippen LogP contribution in [0, 0.1) is 0 Å². The molecule has 0 saturated carbocycles. The van der Waals surface area contributed by atoms with E-state index in [2.05, 4.69) is 5.32 Å². The van der Waals surface area contributed by atoms with Crippen molar-refractivity contribution in [3.8, 4) is 0 Å². The van der Waals surface area contributed by atoms with Crippen LogP contribution in [-0.4, -0.2) is 23.2 Å². The maximum absolute atomic E-state index is 12.0. The van der Waals surface area contributed by atoms with Gasteiger partial charge in [-0.05, 0) is 17.7 Å². The molecule has 0 fully saturated rings. The van der Waals surface area contributed by atoms with Gasteiger partial charge in [0, 0.05) is 6.92 Å². The number of allylic oxidation sites excluding steroid dienone is 2. The van der Waals surface area contributed by atoms with Crippen molar-refractivity contribution in [2.75, 3.05) is 0 Å². The summed E-state index contributed by atoms with van der Waals surface area (Å²) in [5.74, 6) is -0.931. The topological polar surface area (TPSA) is 72.5 Å². The van der Waals surface area contributed by atoms with Gasteiger partial charge in [-0.15, -0.1) is 0 Å². The first-order valence-corrected chi connectivity index (χ1v) is 6.90. The highest BCUT2D eigenvalue weighted by Gasteiger charge is 2.31. The molecule has 0 atom stereocenters. The molecule has 1 aromatic rings. The van der Waals surface area contributed by atoms with Gasteiger partial charge in [0.25, 0.3) is 0 Å². The Labute approximate surface area is 128 Å². The average Bonchev–Trinajstić information content (AvgIpc) is 2.49. The summed E-state index contributed by atoms with van der Waals surface area (Å²) in [5, 5.41) is 2.68. The first-order chi connectivity index (χ1) is 10.5. The van der Waals surface area contributed by atoms with Crippen molar-refractivity contribution in [3.05, 3.63) is 60.2 Å². The Balaban J connectivity index is 2.00. The quantitative estimate of drug-likeness (QED) is 0.840. The lowest BCUT2D eigenvalue weighted by Crippen LogP contribution is -2.47. The summed E-state index contributed by atoms with van der Waals surface area (Å²) in [4.78, 5) is 34.6. The zero-order valence-electron chi connectivity index (χ0n) is 12.2. The smallest absolute Gasteiger partial charge is 0.309 e. The second-order valence-corrected chi connectivity index (χ2v) is 5.11. The van der Waals surface area contributed by atoms with Gasteiger partial charge < -0.3 is 10.1 Å². The number of carbonyl (C=O) groups excluding carboxylic acids is 3.